The quantitative estimate of drug-likeness (QED) is 0.211. The molecule has 0 amide bonds. The molecule has 1 unspecified atom stereocenters. The van der Waals surface area contributed by atoms with Gasteiger partial charge in [-0.2, -0.15) is 0 Å². The molecule has 2 aromatic carbocycles. The van der Waals surface area contributed by atoms with Crippen molar-refractivity contribution < 1.29 is 33.2 Å². The average molecular weight is 500 g/mol. The number of aryl methyl sites for hydroxylation is 2. The van der Waals surface area contributed by atoms with E-state index in [1.807, 2.05) is 13.8 Å². The number of benzene rings is 2. The number of ether oxygens (including phenoxy) is 6. The van der Waals surface area contributed by atoms with Gasteiger partial charge in [0.2, 0.25) is 0 Å². The van der Waals surface area contributed by atoms with Gasteiger partial charge in [-0.15, -0.1) is 0 Å². The first-order valence-electron chi connectivity index (χ1n) is 11.3. The fourth-order valence-corrected chi connectivity index (χ4v) is 4.79. The van der Waals surface area contributed by atoms with Gasteiger partial charge in [-0.25, -0.2) is 0 Å². The summed E-state index contributed by atoms with van der Waals surface area (Å²) < 4.78 is 33.2. The summed E-state index contributed by atoms with van der Waals surface area (Å²) in [7, 11) is 4.66. The number of rotatable bonds is 15. The molecule has 0 aromatic heterocycles. The van der Waals surface area contributed by atoms with E-state index in [9.17, 15) is 4.79 Å². The van der Waals surface area contributed by atoms with E-state index < -0.39 is 0 Å². The Hall–Kier alpha value is -1.58. The van der Waals surface area contributed by atoms with Crippen LogP contribution in [0.3, 0.4) is 0 Å². The molecule has 0 heterocycles. The predicted octanol–water partition coefficient (Wildman–Crippen LogP) is 3.49. The standard InChI is InChI=1S/C26H37O7P.Li.H/c1-17-14-18(2)24(20(4)19(17)3)26(27)34-25-22(32-12-9-29-6)15-21(31-11-8-28-5)16-23(25)33-13-10-30-7;;/h14-16,34H,8-13H2,1-7H3;;. The zero-order chi connectivity index (χ0) is 25.1. The van der Waals surface area contributed by atoms with Crippen molar-refractivity contribution in [3.63, 3.8) is 0 Å². The van der Waals surface area contributed by atoms with Crippen LogP contribution in [0.5, 0.6) is 17.2 Å². The fourth-order valence-electron chi connectivity index (χ4n) is 3.52. The molecule has 0 aliphatic rings. The summed E-state index contributed by atoms with van der Waals surface area (Å²) in [5.74, 6) is 1.67. The van der Waals surface area contributed by atoms with Crippen LogP contribution in [0, 0.1) is 27.7 Å². The molecule has 0 fully saturated rings. The molecule has 0 saturated heterocycles. The van der Waals surface area contributed by atoms with E-state index in [2.05, 4.69) is 19.9 Å². The van der Waals surface area contributed by atoms with Crippen molar-refractivity contribution in [1.82, 2.24) is 0 Å². The minimum absolute atomic E-state index is 0. The maximum absolute atomic E-state index is 13.6. The molecule has 0 radical (unpaired) electrons. The van der Waals surface area contributed by atoms with Crippen molar-refractivity contribution >= 4 is 38.3 Å². The number of methoxy groups -OCH3 is 3. The van der Waals surface area contributed by atoms with E-state index in [4.69, 9.17) is 28.4 Å². The van der Waals surface area contributed by atoms with Crippen LogP contribution in [0.15, 0.2) is 18.2 Å². The molecule has 0 bridgehead atoms. The summed E-state index contributed by atoms with van der Waals surface area (Å²) in [6.45, 7) is 10.4. The second-order valence-corrected chi connectivity index (χ2v) is 9.11. The topological polar surface area (TPSA) is 72.5 Å². The van der Waals surface area contributed by atoms with E-state index in [1.165, 1.54) is 5.56 Å². The first kappa shape index (κ1) is 31.4. The van der Waals surface area contributed by atoms with E-state index in [0.29, 0.717) is 62.2 Å². The van der Waals surface area contributed by atoms with Gasteiger partial charge in [0, 0.05) is 39.0 Å². The molecule has 2 aromatic rings. The molecule has 0 aliphatic heterocycles. The molecule has 0 aliphatic carbocycles. The van der Waals surface area contributed by atoms with Gasteiger partial charge in [-0.05, 0) is 58.5 Å². The van der Waals surface area contributed by atoms with Gasteiger partial charge in [-0.1, -0.05) is 6.07 Å². The molecule has 190 valence electrons. The number of carbonyl (C=O) groups is 1. The molecule has 0 saturated carbocycles. The van der Waals surface area contributed by atoms with E-state index in [0.717, 1.165) is 22.3 Å². The van der Waals surface area contributed by atoms with Crippen molar-refractivity contribution in [3.8, 4) is 17.2 Å². The van der Waals surface area contributed by atoms with Gasteiger partial charge >= 0.3 is 18.9 Å². The van der Waals surface area contributed by atoms with Crippen LogP contribution in [0.1, 0.15) is 32.6 Å². The minimum atomic E-state index is -0.189. The summed E-state index contributed by atoms with van der Waals surface area (Å²) in [4.78, 5) is 13.6. The molecule has 7 nitrogen and oxygen atoms in total. The molecule has 1 atom stereocenters. The molecule has 0 spiro atoms. The molecular weight excluding hydrogens is 462 g/mol. The monoisotopic (exact) mass is 500 g/mol. The average Bonchev–Trinajstić information content (AvgIpc) is 2.80. The van der Waals surface area contributed by atoms with Crippen LogP contribution < -0.4 is 19.5 Å². The first-order valence-corrected chi connectivity index (χ1v) is 12.3. The Bertz CT molecular complexity index is 934. The van der Waals surface area contributed by atoms with Crippen LogP contribution in [0.25, 0.3) is 0 Å². The van der Waals surface area contributed by atoms with Gasteiger partial charge in [0.25, 0.3) is 0 Å². The molecular formula is C26H38LiO7P. The third kappa shape index (κ3) is 9.10. The fraction of sp³-hybridized carbons (Fsp3) is 0.500. The molecule has 0 N–H and O–H groups in total. The Morgan fingerprint density at radius 3 is 1.66 bits per heavy atom. The summed E-state index contributed by atoms with van der Waals surface area (Å²) in [5, 5.41) is 0.702. The Morgan fingerprint density at radius 1 is 0.686 bits per heavy atom. The maximum atomic E-state index is 13.6. The first-order chi connectivity index (χ1) is 16.3. The zero-order valence-corrected chi connectivity index (χ0v) is 22.3. The van der Waals surface area contributed by atoms with Crippen molar-refractivity contribution in [2.24, 2.45) is 0 Å². The van der Waals surface area contributed by atoms with E-state index in [1.54, 1.807) is 33.5 Å². The van der Waals surface area contributed by atoms with E-state index in [-0.39, 0.29) is 33.0 Å². The van der Waals surface area contributed by atoms with Crippen molar-refractivity contribution in [1.29, 1.82) is 0 Å². The number of hydrogen-bond acceptors (Lipinski definition) is 7. The Balaban J connectivity index is 0.00000612. The van der Waals surface area contributed by atoms with Gasteiger partial charge in [0.15, 0.2) is 5.52 Å². The van der Waals surface area contributed by atoms with Crippen LogP contribution >= 0.6 is 8.58 Å². The predicted molar refractivity (Wildman–Crippen MR) is 143 cm³/mol. The Labute approximate surface area is 223 Å². The summed E-state index contributed by atoms with van der Waals surface area (Å²) in [6.07, 6.45) is 0. The van der Waals surface area contributed by atoms with Gasteiger partial charge < -0.3 is 28.4 Å². The second-order valence-electron chi connectivity index (χ2n) is 7.91. The van der Waals surface area contributed by atoms with E-state index >= 15 is 0 Å². The number of carbonyl (C=O) groups excluding carboxylic acids is 1. The van der Waals surface area contributed by atoms with Crippen molar-refractivity contribution in [2.45, 2.75) is 27.7 Å². The van der Waals surface area contributed by atoms with Gasteiger partial charge in [-0.3, -0.25) is 4.79 Å². The second kappa shape index (κ2) is 16.2. The number of hydrogen-bond donors (Lipinski definition) is 0. The SMILES string of the molecule is COCCOc1cc(OCCOC)c(PC(=O)c2c(C)cc(C)c(C)c2C)c(OCCOC)c1.[LiH]. The van der Waals surface area contributed by atoms with Crippen LogP contribution in [0.4, 0.5) is 0 Å². The zero-order valence-electron chi connectivity index (χ0n) is 21.3. The molecule has 2 rings (SSSR count). The van der Waals surface area contributed by atoms with Crippen LogP contribution in [-0.4, -0.2) is 85.4 Å². The van der Waals surface area contributed by atoms with Crippen molar-refractivity contribution in [3.05, 3.63) is 46.0 Å². The third-order valence-corrected chi connectivity index (χ3v) is 6.73. The third-order valence-electron chi connectivity index (χ3n) is 5.51. The Kier molecular flexibility index (Phi) is 14.6. The Morgan fingerprint density at radius 2 is 1.17 bits per heavy atom. The van der Waals surface area contributed by atoms with Crippen molar-refractivity contribution in [2.75, 3.05) is 61.0 Å². The van der Waals surface area contributed by atoms with Gasteiger partial charge in [0.05, 0.1) is 25.1 Å². The molecule has 35 heavy (non-hydrogen) atoms. The van der Waals surface area contributed by atoms with Crippen LogP contribution in [0.2, 0.25) is 0 Å². The normalized spacial score (nSPS) is 10.9. The summed E-state index contributed by atoms with van der Waals surface area (Å²) >= 11 is 0. The summed E-state index contributed by atoms with van der Waals surface area (Å²) in [5.41, 5.74) is 5.10. The van der Waals surface area contributed by atoms with Crippen LogP contribution in [-0.2, 0) is 14.2 Å². The molecule has 9 heteroatoms. The van der Waals surface area contributed by atoms with Gasteiger partial charge in [0.1, 0.15) is 37.1 Å². The summed E-state index contributed by atoms with van der Waals surface area (Å²) in [6, 6.07) is 5.66.